The van der Waals surface area contributed by atoms with E-state index in [0.29, 0.717) is 29.7 Å². The van der Waals surface area contributed by atoms with Gasteiger partial charge in [0.15, 0.2) is 5.16 Å². The van der Waals surface area contributed by atoms with E-state index in [1.807, 2.05) is 60.0 Å². The Morgan fingerprint density at radius 1 is 1.13 bits per heavy atom. The summed E-state index contributed by atoms with van der Waals surface area (Å²) < 4.78 is 12.5. The van der Waals surface area contributed by atoms with E-state index in [1.54, 1.807) is 13.3 Å². The van der Waals surface area contributed by atoms with E-state index < -0.39 is 0 Å². The second kappa shape index (κ2) is 10.7. The van der Waals surface area contributed by atoms with Gasteiger partial charge in [0.1, 0.15) is 11.5 Å². The number of aromatic nitrogens is 2. The van der Waals surface area contributed by atoms with Crippen molar-refractivity contribution in [3.05, 3.63) is 66.0 Å². The number of ether oxygens (including phenoxy) is 2. The fourth-order valence-electron chi connectivity index (χ4n) is 2.81. The average Bonchev–Trinajstić information content (AvgIpc) is 3.16. The van der Waals surface area contributed by atoms with Crippen LogP contribution in [0.1, 0.15) is 18.2 Å². The molecule has 2 aromatic carbocycles. The van der Waals surface area contributed by atoms with Crippen molar-refractivity contribution < 1.29 is 19.4 Å². The lowest BCUT2D eigenvalue weighted by Crippen LogP contribution is -2.14. The van der Waals surface area contributed by atoms with Crippen LogP contribution in [0, 0.1) is 0 Å². The Hall–Kier alpha value is -2.97. The van der Waals surface area contributed by atoms with Gasteiger partial charge in [-0.05, 0) is 48.9 Å². The molecule has 0 aliphatic heterocycles. The van der Waals surface area contributed by atoms with Gasteiger partial charge in [0.05, 0.1) is 31.8 Å². The summed E-state index contributed by atoms with van der Waals surface area (Å²) in [6, 6.07) is 15.0. The maximum absolute atomic E-state index is 12.3. The molecule has 3 rings (SSSR count). The molecule has 0 bridgehead atoms. The molecule has 1 aromatic heterocycles. The molecule has 1 heterocycles. The van der Waals surface area contributed by atoms with Gasteiger partial charge in [-0.25, -0.2) is 4.98 Å². The molecule has 0 unspecified atom stereocenters. The SMILES string of the molecule is CCOc1ccc(NC(=O)CSc2nc(CO)cn2Cc2ccc(OC)cc2)cc1. The standard InChI is InChI=1S/C22H25N3O4S/c1-3-29-20-10-6-17(7-11-20)23-21(27)15-30-22-24-18(14-26)13-25(22)12-16-4-8-19(28-2)9-5-16/h4-11,13,26H,3,12,14-15H2,1-2H3,(H,23,27). The number of rotatable bonds is 10. The van der Waals surface area contributed by atoms with Gasteiger partial charge in [-0.3, -0.25) is 4.79 Å². The zero-order chi connectivity index (χ0) is 21.3. The largest absolute Gasteiger partial charge is 0.497 e. The average molecular weight is 428 g/mol. The van der Waals surface area contributed by atoms with Crippen LogP contribution in [-0.4, -0.2) is 40.0 Å². The molecule has 3 aromatic rings. The topological polar surface area (TPSA) is 85.6 Å². The van der Waals surface area contributed by atoms with Crippen LogP contribution in [0.15, 0.2) is 59.9 Å². The molecule has 0 saturated heterocycles. The Bertz CT molecular complexity index is 956. The molecular weight excluding hydrogens is 402 g/mol. The van der Waals surface area contributed by atoms with Crippen LogP contribution in [0.25, 0.3) is 0 Å². The molecule has 7 nitrogen and oxygen atoms in total. The summed E-state index contributed by atoms with van der Waals surface area (Å²) in [4.78, 5) is 16.8. The number of benzene rings is 2. The predicted octanol–water partition coefficient (Wildman–Crippen LogP) is 3.56. The monoisotopic (exact) mass is 427 g/mol. The summed E-state index contributed by atoms with van der Waals surface area (Å²) in [5.74, 6) is 1.63. The fourth-order valence-corrected chi connectivity index (χ4v) is 3.61. The Morgan fingerprint density at radius 3 is 2.47 bits per heavy atom. The van der Waals surface area contributed by atoms with Gasteiger partial charge in [0, 0.05) is 18.4 Å². The maximum Gasteiger partial charge on any atom is 0.234 e. The van der Waals surface area contributed by atoms with E-state index >= 15 is 0 Å². The normalized spacial score (nSPS) is 10.6. The molecule has 0 aliphatic rings. The summed E-state index contributed by atoms with van der Waals surface area (Å²) >= 11 is 1.33. The summed E-state index contributed by atoms with van der Waals surface area (Å²) in [5.41, 5.74) is 2.35. The third-order valence-corrected chi connectivity index (χ3v) is 5.24. The first-order valence-electron chi connectivity index (χ1n) is 9.56. The van der Waals surface area contributed by atoms with E-state index in [4.69, 9.17) is 9.47 Å². The fraction of sp³-hybridized carbons (Fsp3) is 0.273. The first kappa shape index (κ1) is 21.7. The van der Waals surface area contributed by atoms with Gasteiger partial charge in [0.2, 0.25) is 5.91 Å². The highest BCUT2D eigenvalue weighted by molar-refractivity contribution is 7.99. The van der Waals surface area contributed by atoms with Crippen molar-refractivity contribution in [3.8, 4) is 11.5 Å². The highest BCUT2D eigenvalue weighted by Gasteiger charge is 2.12. The van der Waals surface area contributed by atoms with Crippen molar-refractivity contribution in [3.63, 3.8) is 0 Å². The molecule has 0 saturated carbocycles. The zero-order valence-corrected chi connectivity index (χ0v) is 17.8. The second-order valence-corrected chi connectivity index (χ2v) is 7.39. The number of carbonyl (C=O) groups is 1. The number of nitrogens with zero attached hydrogens (tertiary/aromatic N) is 2. The summed E-state index contributed by atoms with van der Waals surface area (Å²) in [6.45, 7) is 2.95. The Labute approximate surface area is 180 Å². The van der Waals surface area contributed by atoms with Gasteiger partial charge in [-0.15, -0.1) is 0 Å². The molecule has 0 atom stereocenters. The van der Waals surface area contributed by atoms with Crippen LogP contribution in [-0.2, 0) is 17.9 Å². The minimum atomic E-state index is -0.151. The van der Waals surface area contributed by atoms with E-state index in [2.05, 4.69) is 10.3 Å². The quantitative estimate of drug-likeness (QED) is 0.481. The lowest BCUT2D eigenvalue weighted by Gasteiger charge is -2.09. The van der Waals surface area contributed by atoms with E-state index in [-0.39, 0.29) is 18.3 Å². The summed E-state index contributed by atoms with van der Waals surface area (Å²) in [6.07, 6.45) is 1.80. The van der Waals surface area contributed by atoms with Crippen molar-refractivity contribution in [1.82, 2.24) is 9.55 Å². The van der Waals surface area contributed by atoms with E-state index in [1.165, 1.54) is 11.8 Å². The highest BCUT2D eigenvalue weighted by Crippen LogP contribution is 2.21. The smallest absolute Gasteiger partial charge is 0.234 e. The molecule has 0 radical (unpaired) electrons. The molecule has 0 aliphatic carbocycles. The Morgan fingerprint density at radius 2 is 1.83 bits per heavy atom. The second-order valence-electron chi connectivity index (χ2n) is 6.44. The zero-order valence-electron chi connectivity index (χ0n) is 17.0. The predicted molar refractivity (Wildman–Crippen MR) is 117 cm³/mol. The third kappa shape index (κ3) is 6.01. The van der Waals surface area contributed by atoms with Crippen molar-refractivity contribution in [2.75, 3.05) is 24.8 Å². The Kier molecular flexibility index (Phi) is 7.75. The molecule has 2 N–H and O–H groups in total. The number of anilines is 1. The molecule has 158 valence electrons. The van der Waals surface area contributed by atoms with Gasteiger partial charge in [-0.2, -0.15) is 0 Å². The molecule has 30 heavy (non-hydrogen) atoms. The number of hydrogen-bond acceptors (Lipinski definition) is 6. The van der Waals surface area contributed by atoms with E-state index in [9.17, 15) is 9.90 Å². The number of thioether (sulfide) groups is 1. The molecule has 0 fully saturated rings. The van der Waals surface area contributed by atoms with Crippen molar-refractivity contribution in [2.24, 2.45) is 0 Å². The van der Waals surface area contributed by atoms with Gasteiger partial charge in [-0.1, -0.05) is 23.9 Å². The number of hydrogen-bond donors (Lipinski definition) is 2. The number of carbonyl (C=O) groups excluding carboxylic acids is 1. The minimum absolute atomic E-state index is 0.131. The van der Waals surface area contributed by atoms with Crippen LogP contribution >= 0.6 is 11.8 Å². The van der Waals surface area contributed by atoms with Crippen LogP contribution < -0.4 is 14.8 Å². The van der Waals surface area contributed by atoms with Crippen LogP contribution in [0.5, 0.6) is 11.5 Å². The van der Waals surface area contributed by atoms with Gasteiger partial charge < -0.3 is 24.5 Å². The van der Waals surface area contributed by atoms with E-state index in [0.717, 1.165) is 17.1 Å². The molecule has 1 amide bonds. The van der Waals surface area contributed by atoms with Crippen molar-refractivity contribution in [2.45, 2.75) is 25.2 Å². The maximum atomic E-state index is 12.3. The van der Waals surface area contributed by atoms with Crippen LogP contribution in [0.4, 0.5) is 5.69 Å². The summed E-state index contributed by atoms with van der Waals surface area (Å²) in [7, 11) is 1.63. The van der Waals surface area contributed by atoms with Crippen LogP contribution in [0.3, 0.4) is 0 Å². The number of imidazole rings is 1. The molecule has 8 heteroatoms. The Balaban J connectivity index is 1.61. The lowest BCUT2D eigenvalue weighted by molar-refractivity contribution is -0.113. The minimum Gasteiger partial charge on any atom is -0.497 e. The number of aliphatic hydroxyl groups excluding tert-OH is 1. The van der Waals surface area contributed by atoms with Crippen LogP contribution in [0.2, 0.25) is 0 Å². The van der Waals surface area contributed by atoms with Gasteiger partial charge >= 0.3 is 0 Å². The number of aliphatic hydroxyl groups is 1. The first-order chi connectivity index (χ1) is 14.6. The highest BCUT2D eigenvalue weighted by atomic mass is 32.2. The summed E-state index contributed by atoms with van der Waals surface area (Å²) in [5, 5.41) is 13.0. The number of amides is 1. The van der Waals surface area contributed by atoms with Crippen molar-refractivity contribution in [1.29, 1.82) is 0 Å². The molecular formula is C22H25N3O4S. The lowest BCUT2D eigenvalue weighted by atomic mass is 10.2. The van der Waals surface area contributed by atoms with Gasteiger partial charge in [0.25, 0.3) is 0 Å². The third-order valence-electron chi connectivity index (χ3n) is 4.25. The first-order valence-corrected chi connectivity index (χ1v) is 10.5. The van der Waals surface area contributed by atoms with Crippen molar-refractivity contribution >= 4 is 23.4 Å². The number of methoxy groups -OCH3 is 1. The number of nitrogens with one attached hydrogen (secondary N) is 1. The molecule has 0 spiro atoms.